The first-order valence-electron chi connectivity index (χ1n) is 30.1. The molecule has 0 radical (unpaired) electrons. The summed E-state index contributed by atoms with van der Waals surface area (Å²) in [5, 5.41) is 0. The summed E-state index contributed by atoms with van der Waals surface area (Å²) < 4.78 is 171. The van der Waals surface area contributed by atoms with Gasteiger partial charge in [0, 0.05) is 28.8 Å². The Kier molecular flexibility index (Phi) is 23.5. The van der Waals surface area contributed by atoms with Crippen molar-refractivity contribution in [2.24, 2.45) is 9.98 Å². The third kappa shape index (κ3) is 18.7. The quantitative estimate of drug-likeness (QED) is 0.0905. The summed E-state index contributed by atoms with van der Waals surface area (Å²) in [6.07, 6.45) is -5.05. The summed E-state index contributed by atoms with van der Waals surface area (Å²) in [5.74, 6) is -8.07. The first-order valence-corrected chi connectivity index (χ1v) is 34.4. The second-order valence-corrected chi connectivity index (χ2v) is 36.1. The Bertz CT molecular complexity index is 3460. The minimum Gasteiger partial charge on any atom is -0.443 e. The fourth-order valence-electron chi connectivity index (χ4n) is 9.23. The minimum atomic E-state index is -4.37. The van der Waals surface area contributed by atoms with E-state index in [1.165, 1.54) is 26.0 Å². The molecule has 3 fully saturated rings. The Morgan fingerprint density at radius 3 is 1.00 bits per heavy atom. The Labute approximate surface area is 573 Å². The van der Waals surface area contributed by atoms with Crippen LogP contribution >= 0.6 is 22.6 Å². The number of carbonyl (C=O) groups is 4. The van der Waals surface area contributed by atoms with Crippen LogP contribution in [0.15, 0.2) is 34.3 Å². The van der Waals surface area contributed by atoms with E-state index >= 15 is 8.78 Å². The number of hydrogen-bond acceptors (Lipinski definition) is 20. The van der Waals surface area contributed by atoms with Crippen LogP contribution < -0.4 is 5.46 Å². The number of aliphatic imine (C=N–C) groups is 2. The van der Waals surface area contributed by atoms with Gasteiger partial charge in [-0.15, -0.1) is 9.80 Å². The maximum absolute atomic E-state index is 15.5. The van der Waals surface area contributed by atoms with Crippen LogP contribution in [-0.2, 0) is 78.0 Å². The third-order valence-electron chi connectivity index (χ3n) is 16.2. The van der Waals surface area contributed by atoms with E-state index in [9.17, 15) is 44.8 Å². The van der Waals surface area contributed by atoms with Crippen LogP contribution in [0.1, 0.15) is 199 Å². The molecule has 2 aromatic rings. The van der Waals surface area contributed by atoms with Crippen molar-refractivity contribution in [1.82, 2.24) is 18.4 Å². The van der Waals surface area contributed by atoms with Crippen LogP contribution in [-0.4, -0.2) is 174 Å². The maximum atomic E-state index is 15.5. The van der Waals surface area contributed by atoms with Crippen LogP contribution in [0, 0.1) is 26.8 Å². The first kappa shape index (κ1) is 82.6. The van der Waals surface area contributed by atoms with Crippen molar-refractivity contribution in [3.05, 3.63) is 62.2 Å². The number of hydrogen-bond donors (Lipinski definition) is 0. The molecule has 2 atom stereocenters. The molecule has 7 rings (SSSR count). The second-order valence-electron chi connectivity index (χ2n) is 30.9. The Morgan fingerprint density at radius 2 is 0.726 bits per heavy atom. The fraction of sp³-hybridized carbons (Fsp3) is 0.705. The number of nitrogens with zero attached hydrogens (tertiary/aromatic N) is 6. The van der Waals surface area contributed by atoms with E-state index in [0.29, 0.717) is 22.0 Å². The van der Waals surface area contributed by atoms with E-state index in [1.807, 2.05) is 55.4 Å². The van der Waals surface area contributed by atoms with Crippen LogP contribution in [0.3, 0.4) is 0 Å². The topological polar surface area (TPSA) is 267 Å². The monoisotopic (exact) mass is 1500 g/mol. The van der Waals surface area contributed by atoms with Crippen molar-refractivity contribution < 1.29 is 100 Å². The summed E-state index contributed by atoms with van der Waals surface area (Å²) in [5.41, 5.74) is -11.9. The minimum absolute atomic E-state index is 0. The average Bonchev–Trinajstić information content (AvgIpc) is 1.43. The molecule has 3 saturated heterocycles. The second kappa shape index (κ2) is 27.0. The number of amides is 4. The molecule has 0 aromatic heterocycles. The zero-order valence-corrected chi connectivity index (χ0v) is 63.0. The van der Waals surface area contributed by atoms with Gasteiger partial charge in [-0.3, -0.25) is 0 Å². The highest BCUT2D eigenvalue weighted by Gasteiger charge is 2.64. The van der Waals surface area contributed by atoms with Crippen molar-refractivity contribution >= 4 is 106 Å². The van der Waals surface area contributed by atoms with Gasteiger partial charge in [0.1, 0.15) is 33.5 Å². The lowest BCUT2D eigenvalue weighted by Crippen LogP contribution is -2.58. The summed E-state index contributed by atoms with van der Waals surface area (Å²) in [6.45, 7) is 44.5. The smallest absolute Gasteiger partial charge is 0.443 e. The van der Waals surface area contributed by atoms with Gasteiger partial charge in [0.15, 0.2) is 23.3 Å². The molecule has 0 N–H and O–H groups in total. The standard InChI is InChI=1S/C27H40BF2N3O8S.C21H28F2IN3O6S.C12H24B2O4.CH4/c1-23(2,3)38-21(34)33(22(35)39-24(4,5)6)20-31-27(11,15-42(36,37)32(20)12)17-13-16(14-18(29)19(17)30)28-40-25(7,8)26(9,10)41-28;1-19(2,3)32-17(28)27(18(29)33-20(4,5)6)16-25-21(7,11-34(30,31)26(16)8)13-9-12(24)10-14(22)15(13)23;1-9(2)10(3,4)16-13(15-9)14-17-11(5,6)12(7,8)18-14;/h13-14H,15H2,1-12H3;9-10H,11H2,1-8H3;1-8H3;1H4/t27-;21-;;/m00../s1. The third-order valence-corrected chi connectivity index (χ3v) is 20.7. The molecule has 2 aromatic carbocycles. The molecule has 0 saturated carbocycles. The molecule has 34 heteroatoms. The summed E-state index contributed by atoms with van der Waals surface area (Å²) in [7, 11) is -8.51. The van der Waals surface area contributed by atoms with Crippen molar-refractivity contribution in [2.75, 3.05) is 25.6 Å². The summed E-state index contributed by atoms with van der Waals surface area (Å²) in [4.78, 5) is 62.0. The average molecular weight is 1500 g/mol. The molecule has 534 valence electrons. The predicted molar refractivity (Wildman–Crippen MR) is 361 cm³/mol. The van der Waals surface area contributed by atoms with E-state index in [2.05, 4.69) is 9.98 Å². The molecule has 5 heterocycles. The molecule has 0 unspecified atom stereocenters. The molecular weight excluding hydrogens is 1400 g/mol. The van der Waals surface area contributed by atoms with Gasteiger partial charge < -0.3 is 46.9 Å². The first-order chi connectivity index (χ1) is 41.7. The number of carbonyl (C=O) groups excluding carboxylic acids is 4. The lowest BCUT2D eigenvalue weighted by Gasteiger charge is -2.39. The highest BCUT2D eigenvalue weighted by atomic mass is 127. The Morgan fingerprint density at radius 1 is 0.474 bits per heavy atom. The molecule has 5 aliphatic heterocycles. The number of benzene rings is 2. The molecule has 5 aliphatic rings. The van der Waals surface area contributed by atoms with Gasteiger partial charge in [-0.05, 0) is 226 Å². The molecule has 0 spiro atoms. The van der Waals surface area contributed by atoms with Crippen molar-refractivity contribution in [2.45, 2.75) is 255 Å². The fourth-order valence-corrected chi connectivity index (χ4v) is 12.8. The maximum Gasteiger partial charge on any atom is 0.494 e. The molecule has 0 bridgehead atoms. The number of imide groups is 2. The number of sulfonamides is 2. The predicted octanol–water partition coefficient (Wildman–Crippen LogP) is 11.8. The number of guanidine groups is 2. The van der Waals surface area contributed by atoms with Crippen LogP contribution in [0.25, 0.3) is 0 Å². The molecule has 95 heavy (non-hydrogen) atoms. The zero-order valence-electron chi connectivity index (χ0n) is 59.2. The van der Waals surface area contributed by atoms with Crippen molar-refractivity contribution in [1.29, 1.82) is 0 Å². The van der Waals surface area contributed by atoms with Crippen LogP contribution in [0.2, 0.25) is 0 Å². The van der Waals surface area contributed by atoms with Crippen molar-refractivity contribution in [3.8, 4) is 0 Å². The van der Waals surface area contributed by atoms with Crippen molar-refractivity contribution in [3.63, 3.8) is 0 Å². The zero-order chi connectivity index (χ0) is 72.9. The Hall–Kier alpha value is -4.84. The van der Waals surface area contributed by atoms with Crippen LogP contribution in [0.5, 0.6) is 0 Å². The van der Waals surface area contributed by atoms with E-state index in [-0.39, 0.29) is 40.9 Å². The van der Waals surface area contributed by atoms with E-state index in [0.717, 1.165) is 26.2 Å². The van der Waals surface area contributed by atoms with Gasteiger partial charge in [-0.1, -0.05) is 13.5 Å². The van der Waals surface area contributed by atoms with Gasteiger partial charge in [-0.25, -0.2) is 72.2 Å². The van der Waals surface area contributed by atoms with E-state index in [4.69, 9.17) is 46.9 Å². The molecule has 4 amide bonds. The van der Waals surface area contributed by atoms with Gasteiger partial charge >= 0.3 is 45.5 Å². The van der Waals surface area contributed by atoms with Gasteiger partial charge in [0.05, 0.1) is 45.1 Å². The largest absolute Gasteiger partial charge is 0.494 e. The van der Waals surface area contributed by atoms with E-state index in [1.54, 1.807) is 133 Å². The number of halogens is 5. The molecule has 0 aliphatic carbocycles. The van der Waals surface area contributed by atoms with Crippen LogP contribution in [0.4, 0.5) is 36.7 Å². The lowest BCUT2D eigenvalue weighted by molar-refractivity contribution is 0.00578. The summed E-state index contributed by atoms with van der Waals surface area (Å²) in [6, 6.07) is 4.33. The highest BCUT2D eigenvalue weighted by Crippen LogP contribution is 2.44. The summed E-state index contributed by atoms with van der Waals surface area (Å²) >= 11 is 1.76. The number of ether oxygens (including phenoxy) is 4. The Balaban J connectivity index is 0.000000324. The normalized spacial score (nSPS) is 23.7. The number of rotatable bonds is 4. The molecule has 24 nitrogen and oxygen atoms in total. The van der Waals surface area contributed by atoms with Gasteiger partial charge in [0.25, 0.3) is 0 Å². The molecular formula is C61H96B3F4IN6O18S2. The highest BCUT2D eigenvalue weighted by molar-refractivity contribution is 14.1. The SMILES string of the molecule is C.CC1(C)OB(B2OC(C)(C)C(C)(C)O2)OC1(C)C.CN1C(N(C(=O)OC(C)(C)C)C(=O)OC(C)(C)C)=N[C@](C)(c2cc(B3OC(C)(C)C(C)(C)O3)cc(F)c2F)CS1(=O)=O.CN1C(N(C(=O)OC(C)(C)C)C(=O)OC(C)(C)C)=N[C@](C)(c2cc(I)cc(F)c2F)CS1(=O)=O. The lowest BCUT2D eigenvalue weighted by atomic mass is 9.49. The van der Waals surface area contributed by atoms with E-state index < -0.39 is 162 Å². The van der Waals surface area contributed by atoms with Gasteiger partial charge in [-0.2, -0.15) is 0 Å². The van der Waals surface area contributed by atoms with Gasteiger partial charge in [0.2, 0.25) is 32.0 Å².